The lowest BCUT2D eigenvalue weighted by atomic mass is 10.2. The number of hydrogen-bond donors (Lipinski definition) is 2. The number of nitrogens with zero attached hydrogens (tertiary/aromatic N) is 3. The number of amides is 2. The number of urea groups is 1. The largest absolute Gasteiger partial charge is 0.324 e. The van der Waals surface area contributed by atoms with Gasteiger partial charge in [-0.15, -0.1) is 0 Å². The van der Waals surface area contributed by atoms with E-state index in [1.807, 2.05) is 19.1 Å². The summed E-state index contributed by atoms with van der Waals surface area (Å²) in [5.74, 6) is 0.336. The van der Waals surface area contributed by atoms with Gasteiger partial charge in [-0.05, 0) is 24.6 Å². The van der Waals surface area contributed by atoms with Crippen molar-refractivity contribution in [2.24, 2.45) is 7.05 Å². The molecule has 2 amide bonds. The van der Waals surface area contributed by atoms with Gasteiger partial charge in [0.2, 0.25) is 0 Å². The Morgan fingerprint density at radius 3 is 2.85 bits per heavy atom. The summed E-state index contributed by atoms with van der Waals surface area (Å²) in [6, 6.07) is 6.70. The number of halogens is 1. The fraction of sp³-hybridized carbons (Fsp3) is 0.154. The van der Waals surface area contributed by atoms with Crippen LogP contribution in [-0.4, -0.2) is 15.8 Å². The molecule has 2 rings (SSSR count). The molecule has 0 fully saturated rings. The molecule has 1 aromatic heterocycles. The van der Waals surface area contributed by atoms with Gasteiger partial charge in [0.25, 0.3) is 0 Å². The third-order valence-corrected chi connectivity index (χ3v) is 3.13. The first-order chi connectivity index (χ1) is 9.51. The van der Waals surface area contributed by atoms with Crippen LogP contribution in [-0.2, 0) is 7.05 Å². The number of aryl methyl sites for hydroxylation is 2. The Hall–Kier alpha value is -2.52. The normalized spacial score (nSPS) is 9.90. The van der Waals surface area contributed by atoms with E-state index in [1.165, 1.54) is 10.9 Å². The standard InChI is InChI=1S/C13H12ClN5O/c1-8-3-4-10(5-11(8)14)17-13(20)18-12-9(6-15)7-16-19(12)2/h3-5,7H,1-2H3,(H2,17,18,20). The SMILES string of the molecule is Cc1ccc(NC(=O)Nc2c(C#N)cnn2C)cc1Cl. The second-order valence-electron chi connectivity index (χ2n) is 4.19. The molecule has 0 saturated carbocycles. The van der Waals surface area contributed by atoms with Crippen LogP contribution >= 0.6 is 11.6 Å². The Kier molecular flexibility index (Phi) is 3.91. The maximum Gasteiger partial charge on any atom is 0.324 e. The van der Waals surface area contributed by atoms with Crippen LogP contribution in [0.5, 0.6) is 0 Å². The van der Waals surface area contributed by atoms with E-state index in [1.54, 1.807) is 19.2 Å². The van der Waals surface area contributed by atoms with Crippen molar-refractivity contribution in [2.45, 2.75) is 6.92 Å². The van der Waals surface area contributed by atoms with E-state index in [-0.39, 0.29) is 0 Å². The highest BCUT2D eigenvalue weighted by Crippen LogP contribution is 2.20. The molecule has 0 aliphatic heterocycles. The second kappa shape index (κ2) is 5.63. The zero-order chi connectivity index (χ0) is 14.7. The summed E-state index contributed by atoms with van der Waals surface area (Å²) in [5.41, 5.74) is 1.79. The number of hydrogen-bond acceptors (Lipinski definition) is 3. The third-order valence-electron chi connectivity index (χ3n) is 2.72. The van der Waals surface area contributed by atoms with Crippen molar-refractivity contribution >= 4 is 29.1 Å². The van der Waals surface area contributed by atoms with Gasteiger partial charge in [-0.25, -0.2) is 4.79 Å². The van der Waals surface area contributed by atoms with Gasteiger partial charge < -0.3 is 5.32 Å². The molecule has 0 unspecified atom stereocenters. The number of anilines is 2. The monoisotopic (exact) mass is 289 g/mol. The number of nitrogens with one attached hydrogen (secondary N) is 2. The van der Waals surface area contributed by atoms with Gasteiger partial charge in [-0.3, -0.25) is 10.00 Å². The van der Waals surface area contributed by atoms with Gasteiger partial charge in [-0.2, -0.15) is 10.4 Å². The van der Waals surface area contributed by atoms with E-state index in [9.17, 15) is 4.79 Å². The van der Waals surface area contributed by atoms with E-state index >= 15 is 0 Å². The average Bonchev–Trinajstić information content (AvgIpc) is 2.75. The number of benzene rings is 1. The van der Waals surface area contributed by atoms with Gasteiger partial charge in [-0.1, -0.05) is 17.7 Å². The van der Waals surface area contributed by atoms with E-state index in [0.717, 1.165) is 5.56 Å². The van der Waals surface area contributed by atoms with Crippen LogP contribution in [0.2, 0.25) is 5.02 Å². The maximum atomic E-state index is 11.9. The zero-order valence-electron chi connectivity index (χ0n) is 10.9. The molecule has 102 valence electrons. The smallest absolute Gasteiger partial charge is 0.308 e. The molecule has 0 radical (unpaired) electrons. The van der Waals surface area contributed by atoms with Crippen molar-refractivity contribution in [2.75, 3.05) is 10.6 Å². The molecule has 0 atom stereocenters. The summed E-state index contributed by atoms with van der Waals surface area (Å²) < 4.78 is 1.42. The van der Waals surface area contributed by atoms with Crippen molar-refractivity contribution in [3.63, 3.8) is 0 Å². The summed E-state index contributed by atoms with van der Waals surface area (Å²) in [7, 11) is 1.64. The highest BCUT2D eigenvalue weighted by molar-refractivity contribution is 6.31. The molecule has 20 heavy (non-hydrogen) atoms. The highest BCUT2D eigenvalue weighted by atomic mass is 35.5. The summed E-state index contributed by atoms with van der Waals surface area (Å²) in [6.07, 6.45) is 1.39. The fourth-order valence-electron chi connectivity index (χ4n) is 1.61. The molecular weight excluding hydrogens is 278 g/mol. The summed E-state index contributed by atoms with van der Waals surface area (Å²) in [5, 5.41) is 18.6. The van der Waals surface area contributed by atoms with Gasteiger partial charge in [0.15, 0.2) is 0 Å². The van der Waals surface area contributed by atoms with Crippen LogP contribution < -0.4 is 10.6 Å². The lowest BCUT2D eigenvalue weighted by Crippen LogP contribution is -2.21. The van der Waals surface area contributed by atoms with E-state index in [0.29, 0.717) is 22.1 Å². The molecule has 7 heteroatoms. The molecule has 1 aromatic carbocycles. The molecule has 0 bridgehead atoms. The minimum absolute atomic E-state index is 0.296. The molecule has 0 aliphatic carbocycles. The molecule has 6 nitrogen and oxygen atoms in total. The van der Waals surface area contributed by atoms with Crippen molar-refractivity contribution in [1.29, 1.82) is 5.26 Å². The van der Waals surface area contributed by atoms with E-state index < -0.39 is 6.03 Å². The summed E-state index contributed by atoms with van der Waals surface area (Å²) >= 11 is 5.98. The lowest BCUT2D eigenvalue weighted by Gasteiger charge is -2.09. The third kappa shape index (κ3) is 2.90. The topological polar surface area (TPSA) is 82.7 Å². The van der Waals surface area contributed by atoms with Crippen molar-refractivity contribution < 1.29 is 4.79 Å². The van der Waals surface area contributed by atoms with Gasteiger partial charge in [0.05, 0.1) is 6.20 Å². The number of carbonyl (C=O) groups excluding carboxylic acids is 1. The fourth-order valence-corrected chi connectivity index (χ4v) is 1.79. The number of carbonyl (C=O) groups is 1. The van der Waals surface area contributed by atoms with E-state index in [4.69, 9.17) is 16.9 Å². The van der Waals surface area contributed by atoms with Crippen molar-refractivity contribution in [1.82, 2.24) is 9.78 Å². The molecule has 2 N–H and O–H groups in total. The van der Waals surface area contributed by atoms with Gasteiger partial charge >= 0.3 is 6.03 Å². The minimum Gasteiger partial charge on any atom is -0.308 e. The minimum atomic E-state index is -0.468. The lowest BCUT2D eigenvalue weighted by molar-refractivity contribution is 0.262. The summed E-state index contributed by atoms with van der Waals surface area (Å²) in [4.78, 5) is 11.9. The average molecular weight is 290 g/mol. The zero-order valence-corrected chi connectivity index (χ0v) is 11.7. The first-order valence-corrected chi connectivity index (χ1v) is 6.15. The van der Waals surface area contributed by atoms with Crippen LogP contribution in [0, 0.1) is 18.3 Å². The van der Waals surface area contributed by atoms with Crippen LogP contribution in [0.1, 0.15) is 11.1 Å². The number of nitriles is 1. The Labute approximate surface area is 121 Å². The highest BCUT2D eigenvalue weighted by Gasteiger charge is 2.11. The number of rotatable bonds is 2. The second-order valence-corrected chi connectivity index (χ2v) is 4.59. The Balaban J connectivity index is 2.11. The van der Waals surface area contributed by atoms with Gasteiger partial charge in [0, 0.05) is 17.8 Å². The predicted molar refractivity (Wildman–Crippen MR) is 76.8 cm³/mol. The van der Waals surface area contributed by atoms with Crippen molar-refractivity contribution in [3.05, 3.63) is 40.5 Å². The van der Waals surface area contributed by atoms with Crippen LogP contribution in [0.25, 0.3) is 0 Å². The quantitative estimate of drug-likeness (QED) is 0.891. The molecule has 0 saturated heterocycles. The van der Waals surface area contributed by atoms with Gasteiger partial charge in [0.1, 0.15) is 17.5 Å². The maximum absolute atomic E-state index is 11.9. The summed E-state index contributed by atoms with van der Waals surface area (Å²) in [6.45, 7) is 1.88. The first kappa shape index (κ1) is 13.9. The molecule has 0 aliphatic rings. The van der Waals surface area contributed by atoms with Crippen LogP contribution in [0.3, 0.4) is 0 Å². The Morgan fingerprint density at radius 2 is 2.20 bits per heavy atom. The van der Waals surface area contributed by atoms with E-state index in [2.05, 4.69) is 15.7 Å². The predicted octanol–water partition coefficient (Wildman–Crippen LogP) is 2.90. The Morgan fingerprint density at radius 1 is 1.45 bits per heavy atom. The molecule has 1 heterocycles. The first-order valence-electron chi connectivity index (χ1n) is 5.77. The van der Waals surface area contributed by atoms with Crippen molar-refractivity contribution in [3.8, 4) is 6.07 Å². The van der Waals surface area contributed by atoms with Crippen LogP contribution in [0.4, 0.5) is 16.3 Å². The molecule has 0 spiro atoms. The Bertz CT molecular complexity index is 701. The molecule has 2 aromatic rings. The van der Waals surface area contributed by atoms with Crippen LogP contribution in [0.15, 0.2) is 24.4 Å². The molecular formula is C13H12ClN5O. The number of aromatic nitrogens is 2.